The molecule has 0 amide bonds. The van der Waals surface area contributed by atoms with Crippen LogP contribution in [-0.2, 0) is 12.4 Å². The van der Waals surface area contributed by atoms with Gasteiger partial charge in [0.05, 0.1) is 11.7 Å². The van der Waals surface area contributed by atoms with E-state index in [1.165, 1.54) is 0 Å². The van der Waals surface area contributed by atoms with Crippen molar-refractivity contribution in [3.05, 3.63) is 45.4 Å². The molecule has 3 aromatic rings. The van der Waals surface area contributed by atoms with Crippen molar-refractivity contribution in [3.8, 4) is 5.75 Å². The third-order valence-electron chi connectivity index (χ3n) is 3.08. The number of hydrogen-bond acceptors (Lipinski definition) is 7. The molecule has 1 aromatic carbocycles. The molecule has 2 heterocycles. The largest absolute Gasteiger partial charge is 0.486 e. The van der Waals surface area contributed by atoms with E-state index in [9.17, 15) is 0 Å². The summed E-state index contributed by atoms with van der Waals surface area (Å²) in [5, 5.41) is 16.2. The minimum absolute atomic E-state index is 0.237. The summed E-state index contributed by atoms with van der Waals surface area (Å²) in [6.07, 6.45) is 0. The van der Waals surface area contributed by atoms with E-state index in [0.717, 1.165) is 27.4 Å². The van der Waals surface area contributed by atoms with Gasteiger partial charge in [-0.25, -0.2) is 9.67 Å². The Labute approximate surface area is 153 Å². The number of nitrogens with zero attached hydrogens (tertiary/aromatic N) is 5. The molecular formula is C15H16ClN5OS2. The third-order valence-corrected chi connectivity index (χ3v) is 5.17. The third kappa shape index (κ3) is 4.46. The lowest BCUT2D eigenvalue weighted by atomic mass is 10.3. The Morgan fingerprint density at radius 2 is 2.08 bits per heavy atom. The summed E-state index contributed by atoms with van der Waals surface area (Å²) >= 11 is 9.02. The first-order chi connectivity index (χ1) is 11.6. The molecule has 9 heteroatoms. The maximum Gasteiger partial charge on any atom is 0.209 e. The van der Waals surface area contributed by atoms with Crippen molar-refractivity contribution in [3.63, 3.8) is 0 Å². The van der Waals surface area contributed by atoms with Gasteiger partial charge >= 0.3 is 0 Å². The van der Waals surface area contributed by atoms with Gasteiger partial charge in [0.15, 0.2) is 0 Å². The second-order valence-electron chi connectivity index (χ2n) is 5.26. The predicted octanol–water partition coefficient (Wildman–Crippen LogP) is 4.24. The molecule has 0 saturated heterocycles. The lowest BCUT2D eigenvalue weighted by Crippen LogP contribution is -2.04. The van der Waals surface area contributed by atoms with Gasteiger partial charge < -0.3 is 4.74 Å². The van der Waals surface area contributed by atoms with Gasteiger partial charge in [0.2, 0.25) is 5.16 Å². The first kappa shape index (κ1) is 17.2. The SMILES string of the molecule is CC(C)n1nnnc1SCc1csc(COc2ccc(Cl)cc2)n1. The van der Waals surface area contributed by atoms with Gasteiger partial charge in [-0.2, -0.15) is 0 Å². The summed E-state index contributed by atoms with van der Waals surface area (Å²) in [5.41, 5.74) is 0.998. The Balaban J connectivity index is 1.53. The zero-order chi connectivity index (χ0) is 16.9. The number of ether oxygens (including phenoxy) is 1. The van der Waals surface area contributed by atoms with Crippen LogP contribution in [-0.4, -0.2) is 25.2 Å². The highest BCUT2D eigenvalue weighted by Gasteiger charge is 2.11. The Bertz CT molecular complexity index is 787. The van der Waals surface area contributed by atoms with Crippen molar-refractivity contribution in [1.82, 2.24) is 25.2 Å². The molecule has 2 aromatic heterocycles. The molecule has 0 spiro atoms. The summed E-state index contributed by atoms with van der Waals surface area (Å²) < 4.78 is 7.51. The molecule has 0 radical (unpaired) electrons. The maximum atomic E-state index is 5.86. The number of thioether (sulfide) groups is 1. The molecule has 24 heavy (non-hydrogen) atoms. The van der Waals surface area contributed by atoms with Crippen molar-refractivity contribution in [1.29, 1.82) is 0 Å². The van der Waals surface area contributed by atoms with E-state index in [1.807, 2.05) is 22.2 Å². The van der Waals surface area contributed by atoms with Crippen LogP contribution in [0.5, 0.6) is 5.75 Å². The van der Waals surface area contributed by atoms with Crippen LogP contribution in [0.1, 0.15) is 30.6 Å². The topological polar surface area (TPSA) is 65.7 Å². The van der Waals surface area contributed by atoms with Gasteiger partial charge in [0.25, 0.3) is 0 Å². The van der Waals surface area contributed by atoms with E-state index in [-0.39, 0.29) is 6.04 Å². The number of thiazole rings is 1. The standard InChI is InChI=1S/C15H16ClN5OS2/c1-10(2)21-15(18-19-20-21)24-9-12-8-23-14(17-12)7-22-13-5-3-11(16)4-6-13/h3-6,8,10H,7,9H2,1-2H3. The molecule has 0 aliphatic heterocycles. The minimum Gasteiger partial charge on any atom is -0.486 e. The van der Waals surface area contributed by atoms with E-state index in [0.29, 0.717) is 11.6 Å². The van der Waals surface area contributed by atoms with Crippen LogP contribution in [0, 0.1) is 0 Å². The molecular weight excluding hydrogens is 366 g/mol. The van der Waals surface area contributed by atoms with Crippen LogP contribution in [0.2, 0.25) is 5.02 Å². The van der Waals surface area contributed by atoms with Gasteiger partial charge in [0.1, 0.15) is 17.4 Å². The zero-order valence-corrected chi connectivity index (χ0v) is 15.6. The molecule has 0 saturated carbocycles. The summed E-state index contributed by atoms with van der Waals surface area (Å²) in [5.74, 6) is 1.51. The molecule has 0 aliphatic rings. The van der Waals surface area contributed by atoms with Crippen molar-refractivity contribution < 1.29 is 4.74 Å². The highest BCUT2D eigenvalue weighted by molar-refractivity contribution is 7.98. The Hall–Kier alpha value is -1.64. The lowest BCUT2D eigenvalue weighted by molar-refractivity contribution is 0.305. The van der Waals surface area contributed by atoms with Crippen molar-refractivity contribution in [2.75, 3.05) is 0 Å². The first-order valence-electron chi connectivity index (χ1n) is 7.34. The summed E-state index contributed by atoms with van der Waals surface area (Å²) in [6.45, 7) is 4.55. The van der Waals surface area contributed by atoms with Crippen molar-refractivity contribution in [2.45, 2.75) is 37.4 Å². The van der Waals surface area contributed by atoms with E-state index in [4.69, 9.17) is 16.3 Å². The summed E-state index contributed by atoms with van der Waals surface area (Å²) in [6, 6.07) is 7.54. The quantitative estimate of drug-likeness (QED) is 0.570. The number of hydrogen-bond donors (Lipinski definition) is 0. The fourth-order valence-electron chi connectivity index (χ4n) is 1.90. The fourth-order valence-corrected chi connectivity index (χ4v) is 3.74. The number of tetrazole rings is 1. The Kier molecular flexibility index (Phi) is 5.70. The van der Waals surface area contributed by atoms with E-state index in [1.54, 1.807) is 35.2 Å². The van der Waals surface area contributed by atoms with Crippen LogP contribution in [0.15, 0.2) is 34.8 Å². The van der Waals surface area contributed by atoms with E-state index < -0.39 is 0 Å². The molecule has 126 valence electrons. The van der Waals surface area contributed by atoms with Gasteiger partial charge in [-0.05, 0) is 48.5 Å². The second kappa shape index (κ2) is 7.96. The van der Waals surface area contributed by atoms with Gasteiger partial charge in [0, 0.05) is 16.2 Å². The minimum atomic E-state index is 0.237. The normalized spacial score (nSPS) is 11.2. The molecule has 0 bridgehead atoms. The molecule has 3 rings (SSSR count). The van der Waals surface area contributed by atoms with E-state index >= 15 is 0 Å². The van der Waals surface area contributed by atoms with Gasteiger partial charge in [-0.15, -0.1) is 16.4 Å². The van der Waals surface area contributed by atoms with Gasteiger partial charge in [-0.3, -0.25) is 0 Å². The first-order valence-corrected chi connectivity index (χ1v) is 9.58. The molecule has 0 aliphatic carbocycles. The maximum absolute atomic E-state index is 5.86. The Morgan fingerprint density at radius 3 is 2.83 bits per heavy atom. The highest BCUT2D eigenvalue weighted by atomic mass is 35.5. The highest BCUT2D eigenvalue weighted by Crippen LogP contribution is 2.24. The molecule has 0 unspecified atom stereocenters. The average Bonchev–Trinajstić information content (AvgIpc) is 3.21. The molecule has 6 nitrogen and oxygen atoms in total. The molecule has 0 fully saturated rings. The summed E-state index contributed by atoms with van der Waals surface area (Å²) in [4.78, 5) is 4.59. The monoisotopic (exact) mass is 381 g/mol. The number of aromatic nitrogens is 5. The van der Waals surface area contributed by atoms with Crippen LogP contribution in [0.3, 0.4) is 0 Å². The average molecular weight is 382 g/mol. The Morgan fingerprint density at radius 1 is 1.29 bits per heavy atom. The lowest BCUT2D eigenvalue weighted by Gasteiger charge is -2.06. The van der Waals surface area contributed by atoms with Crippen LogP contribution < -0.4 is 4.74 Å². The molecule has 0 atom stereocenters. The van der Waals surface area contributed by atoms with E-state index in [2.05, 4.69) is 34.4 Å². The smallest absolute Gasteiger partial charge is 0.209 e. The summed E-state index contributed by atoms with van der Waals surface area (Å²) in [7, 11) is 0. The fraction of sp³-hybridized carbons (Fsp3) is 0.333. The number of benzene rings is 1. The number of rotatable bonds is 7. The van der Waals surface area contributed by atoms with Crippen molar-refractivity contribution >= 4 is 34.7 Å². The van der Waals surface area contributed by atoms with Crippen LogP contribution in [0.4, 0.5) is 0 Å². The van der Waals surface area contributed by atoms with Gasteiger partial charge in [-0.1, -0.05) is 23.4 Å². The second-order valence-corrected chi connectivity index (χ2v) is 7.59. The molecule has 0 N–H and O–H groups in total. The van der Waals surface area contributed by atoms with Crippen LogP contribution in [0.25, 0.3) is 0 Å². The predicted molar refractivity (Wildman–Crippen MR) is 95.7 cm³/mol. The van der Waals surface area contributed by atoms with Crippen molar-refractivity contribution in [2.24, 2.45) is 0 Å². The number of halogens is 1. The van der Waals surface area contributed by atoms with Crippen LogP contribution >= 0.6 is 34.7 Å². The zero-order valence-electron chi connectivity index (χ0n) is 13.2.